The summed E-state index contributed by atoms with van der Waals surface area (Å²) in [5.41, 5.74) is 1.23. The zero-order valence-corrected chi connectivity index (χ0v) is 13.2. The summed E-state index contributed by atoms with van der Waals surface area (Å²) in [5.74, 6) is 1.70. The van der Waals surface area contributed by atoms with E-state index in [0.717, 1.165) is 27.9 Å². The summed E-state index contributed by atoms with van der Waals surface area (Å²) in [6, 6.07) is 6.10. The van der Waals surface area contributed by atoms with Crippen LogP contribution >= 0.6 is 39.9 Å². The summed E-state index contributed by atoms with van der Waals surface area (Å²) in [7, 11) is 0. The quantitative estimate of drug-likeness (QED) is 0.880. The maximum atomic E-state index is 6.24. The lowest BCUT2D eigenvalue weighted by molar-refractivity contribution is 0.305. The fourth-order valence-electron chi connectivity index (χ4n) is 2.99. The van der Waals surface area contributed by atoms with Crippen molar-refractivity contribution in [1.29, 1.82) is 0 Å². The van der Waals surface area contributed by atoms with E-state index >= 15 is 0 Å². The van der Waals surface area contributed by atoms with E-state index in [2.05, 4.69) is 32.2 Å². The fourth-order valence-corrected chi connectivity index (χ4v) is 3.57. The van der Waals surface area contributed by atoms with Crippen molar-refractivity contribution < 1.29 is 0 Å². The van der Waals surface area contributed by atoms with E-state index in [4.69, 9.17) is 11.6 Å². The second-order valence-corrected chi connectivity index (χ2v) is 6.43. The molecule has 1 N–H and O–H groups in total. The maximum Gasteiger partial charge on any atom is 0.0451 e. The number of nitrogens with zero attached hydrogens (tertiary/aromatic N) is 1. The van der Waals surface area contributed by atoms with E-state index in [9.17, 15) is 0 Å². The van der Waals surface area contributed by atoms with Crippen LogP contribution in [0.4, 0.5) is 0 Å². The molecule has 0 amide bonds. The molecule has 0 saturated carbocycles. The lowest BCUT2D eigenvalue weighted by Gasteiger charge is -2.18. The summed E-state index contributed by atoms with van der Waals surface area (Å²) in [6.45, 7) is 5.77. The summed E-state index contributed by atoms with van der Waals surface area (Å²) in [6.07, 6.45) is 0. The van der Waals surface area contributed by atoms with Gasteiger partial charge in [-0.3, -0.25) is 4.90 Å². The van der Waals surface area contributed by atoms with Crippen molar-refractivity contribution in [3.8, 4) is 0 Å². The molecule has 1 aromatic rings. The van der Waals surface area contributed by atoms with Crippen molar-refractivity contribution in [3.05, 3.63) is 33.3 Å². The number of hydrogen-bond acceptors (Lipinski definition) is 2. The van der Waals surface area contributed by atoms with Crippen molar-refractivity contribution in [1.82, 2.24) is 10.2 Å². The van der Waals surface area contributed by atoms with Crippen LogP contribution in [0.25, 0.3) is 0 Å². The summed E-state index contributed by atoms with van der Waals surface area (Å²) in [5, 5.41) is 4.35. The summed E-state index contributed by atoms with van der Waals surface area (Å²) >= 11 is 9.74. The molecule has 2 atom stereocenters. The second kappa shape index (κ2) is 6.10. The molecule has 3 rings (SSSR count). The molecule has 1 aromatic carbocycles. The Balaban J connectivity index is 0.00000120. The van der Waals surface area contributed by atoms with Crippen LogP contribution in [0.5, 0.6) is 0 Å². The molecule has 2 fully saturated rings. The maximum absolute atomic E-state index is 6.24. The molecule has 0 radical (unpaired) electrons. The number of nitrogens with one attached hydrogen (secondary N) is 1. The molecule has 2 aliphatic heterocycles. The Labute approximate surface area is 128 Å². The number of rotatable bonds is 2. The molecule has 0 unspecified atom stereocenters. The van der Waals surface area contributed by atoms with Crippen molar-refractivity contribution >= 4 is 39.9 Å². The topological polar surface area (TPSA) is 15.3 Å². The normalized spacial score (nSPS) is 27.0. The van der Waals surface area contributed by atoms with Crippen LogP contribution in [0.15, 0.2) is 22.7 Å². The predicted molar refractivity (Wildman–Crippen MR) is 81.5 cm³/mol. The Bertz CT molecular complexity index is 415. The van der Waals surface area contributed by atoms with Gasteiger partial charge in [0.15, 0.2) is 0 Å². The largest absolute Gasteiger partial charge is 0.316 e. The number of fused-ring (bicyclic) bond motifs is 1. The van der Waals surface area contributed by atoms with Crippen LogP contribution < -0.4 is 5.32 Å². The van der Waals surface area contributed by atoms with Crippen molar-refractivity contribution in [2.24, 2.45) is 11.8 Å². The number of hydrogen-bond donors (Lipinski definition) is 1. The Hall–Kier alpha value is 0.200. The van der Waals surface area contributed by atoms with Gasteiger partial charge in [0.1, 0.15) is 0 Å². The fraction of sp³-hybridized carbons (Fsp3) is 0.538. The third-order valence-corrected chi connectivity index (χ3v) is 4.73. The van der Waals surface area contributed by atoms with Crippen molar-refractivity contribution in [3.63, 3.8) is 0 Å². The van der Waals surface area contributed by atoms with Crippen molar-refractivity contribution in [2.75, 3.05) is 26.2 Å². The average molecular weight is 352 g/mol. The monoisotopic (exact) mass is 350 g/mol. The smallest absolute Gasteiger partial charge is 0.0451 e. The number of halogens is 3. The molecule has 2 heterocycles. The minimum atomic E-state index is 0. The van der Waals surface area contributed by atoms with E-state index < -0.39 is 0 Å². The molecule has 0 aromatic heterocycles. The van der Waals surface area contributed by atoms with Crippen LogP contribution in [0.1, 0.15) is 5.56 Å². The molecule has 0 bridgehead atoms. The second-order valence-electron chi connectivity index (χ2n) is 5.11. The summed E-state index contributed by atoms with van der Waals surface area (Å²) < 4.78 is 1.11. The van der Waals surface area contributed by atoms with Crippen molar-refractivity contribution in [2.45, 2.75) is 6.54 Å². The van der Waals surface area contributed by atoms with E-state index in [-0.39, 0.29) is 12.4 Å². The Kier molecular flexibility index (Phi) is 4.95. The van der Waals surface area contributed by atoms with Crippen LogP contribution in [-0.4, -0.2) is 31.1 Å². The number of likely N-dealkylation sites (tertiary alicyclic amines) is 1. The zero-order chi connectivity index (χ0) is 11.8. The highest BCUT2D eigenvalue weighted by Crippen LogP contribution is 2.29. The lowest BCUT2D eigenvalue weighted by atomic mass is 10.0. The van der Waals surface area contributed by atoms with Gasteiger partial charge in [0.05, 0.1) is 0 Å². The molecular weight excluding hydrogens is 335 g/mol. The van der Waals surface area contributed by atoms with Crippen LogP contribution in [-0.2, 0) is 6.54 Å². The van der Waals surface area contributed by atoms with Gasteiger partial charge >= 0.3 is 0 Å². The first-order valence-corrected chi connectivity index (χ1v) is 7.26. The van der Waals surface area contributed by atoms with Gasteiger partial charge in [-0.15, -0.1) is 12.4 Å². The molecule has 2 aliphatic rings. The highest BCUT2D eigenvalue weighted by Gasteiger charge is 2.35. The molecule has 18 heavy (non-hydrogen) atoms. The van der Waals surface area contributed by atoms with Gasteiger partial charge < -0.3 is 5.32 Å². The SMILES string of the molecule is Cl.Clc1ccc(Br)cc1CN1C[C@H]2CNC[C@H]2C1. The standard InChI is InChI=1S/C13H16BrClN2.ClH/c14-12-1-2-13(15)9(3-12)6-17-7-10-4-16-5-11(10)8-17;/h1-3,10-11,16H,4-8H2;1H/t10-,11+;. The van der Waals surface area contributed by atoms with Gasteiger partial charge in [-0.25, -0.2) is 0 Å². The summed E-state index contributed by atoms with van der Waals surface area (Å²) in [4.78, 5) is 2.53. The highest BCUT2D eigenvalue weighted by atomic mass is 79.9. The number of benzene rings is 1. The molecule has 0 aliphatic carbocycles. The van der Waals surface area contributed by atoms with E-state index in [1.807, 2.05) is 12.1 Å². The van der Waals surface area contributed by atoms with Gasteiger partial charge in [0, 0.05) is 29.1 Å². The predicted octanol–water partition coefficient (Wildman–Crippen LogP) is 3.18. The van der Waals surface area contributed by atoms with Crippen LogP contribution in [0.2, 0.25) is 5.02 Å². The minimum absolute atomic E-state index is 0. The lowest BCUT2D eigenvalue weighted by Crippen LogP contribution is -2.25. The van der Waals surface area contributed by atoms with E-state index in [0.29, 0.717) is 0 Å². The third kappa shape index (κ3) is 3.02. The van der Waals surface area contributed by atoms with Crippen LogP contribution in [0.3, 0.4) is 0 Å². The average Bonchev–Trinajstić information content (AvgIpc) is 2.83. The van der Waals surface area contributed by atoms with Crippen LogP contribution in [0, 0.1) is 11.8 Å². The first-order chi connectivity index (χ1) is 8.22. The molecule has 2 nitrogen and oxygen atoms in total. The molecule has 0 spiro atoms. The Morgan fingerprint density at radius 3 is 2.61 bits per heavy atom. The molecule has 100 valence electrons. The van der Waals surface area contributed by atoms with Gasteiger partial charge in [-0.05, 0) is 48.7 Å². The van der Waals surface area contributed by atoms with E-state index in [1.165, 1.54) is 31.7 Å². The molecular formula is C13H17BrCl2N2. The van der Waals surface area contributed by atoms with Gasteiger partial charge in [0.2, 0.25) is 0 Å². The Morgan fingerprint density at radius 2 is 1.94 bits per heavy atom. The van der Waals surface area contributed by atoms with E-state index in [1.54, 1.807) is 0 Å². The first kappa shape index (κ1) is 14.6. The highest BCUT2D eigenvalue weighted by molar-refractivity contribution is 9.10. The third-order valence-electron chi connectivity index (χ3n) is 3.87. The zero-order valence-electron chi connectivity index (χ0n) is 10.0. The Morgan fingerprint density at radius 1 is 1.28 bits per heavy atom. The first-order valence-electron chi connectivity index (χ1n) is 6.09. The van der Waals surface area contributed by atoms with Gasteiger partial charge in [-0.1, -0.05) is 27.5 Å². The molecule has 2 saturated heterocycles. The molecule has 5 heteroatoms. The van der Waals surface area contributed by atoms with Gasteiger partial charge in [0.25, 0.3) is 0 Å². The minimum Gasteiger partial charge on any atom is -0.316 e. The van der Waals surface area contributed by atoms with Gasteiger partial charge in [-0.2, -0.15) is 0 Å².